The van der Waals surface area contributed by atoms with Gasteiger partial charge in [-0.2, -0.15) is 10.1 Å². The van der Waals surface area contributed by atoms with Crippen LogP contribution in [0, 0.1) is 0 Å². The summed E-state index contributed by atoms with van der Waals surface area (Å²) in [5, 5.41) is 7.42. The second-order valence-corrected chi connectivity index (χ2v) is 5.86. The number of carbonyl (C=O) groups is 1. The maximum Gasteiger partial charge on any atom is 0.338 e. The van der Waals surface area contributed by atoms with Crippen molar-refractivity contribution < 1.29 is 14.3 Å². The summed E-state index contributed by atoms with van der Waals surface area (Å²) >= 11 is 0. The summed E-state index contributed by atoms with van der Waals surface area (Å²) in [5.74, 6) is 0.969. The smallest absolute Gasteiger partial charge is 0.338 e. The number of carbonyl (C=O) groups excluding carboxylic acids is 1. The van der Waals surface area contributed by atoms with Gasteiger partial charge in [-0.3, -0.25) is 0 Å². The fourth-order valence-corrected chi connectivity index (χ4v) is 2.86. The molecule has 0 saturated carbocycles. The van der Waals surface area contributed by atoms with Crippen LogP contribution in [0.1, 0.15) is 38.3 Å². The van der Waals surface area contributed by atoms with E-state index in [2.05, 4.69) is 22.3 Å². The third-order valence-corrected chi connectivity index (χ3v) is 4.15. The Morgan fingerprint density at radius 2 is 2.24 bits per heavy atom. The summed E-state index contributed by atoms with van der Waals surface area (Å²) in [6.07, 6.45) is 3.27. The maximum atomic E-state index is 12.7. The fraction of sp³-hybridized carbons (Fsp3) is 0.389. The average Bonchev–Trinajstić information content (AvgIpc) is 3.08. The number of ether oxygens (including phenoxy) is 2. The number of rotatable bonds is 6. The standard InChI is InChI=1S/C18H22N4O3/c1-4-5-9-25-17(23)15-12(2)21-18-19-11-20-22(18)16(15)13-7-6-8-14(10-13)24-3/h6-8,10-11,16H,4-5,9H2,1-3H3,(H,19,20,21)/t16-/m0/s1. The van der Waals surface area contributed by atoms with Gasteiger partial charge in [-0.25, -0.2) is 9.48 Å². The first-order valence-electron chi connectivity index (χ1n) is 8.34. The first-order chi connectivity index (χ1) is 12.2. The van der Waals surface area contributed by atoms with Crippen LogP contribution >= 0.6 is 0 Å². The molecule has 2 heterocycles. The molecule has 7 heteroatoms. The van der Waals surface area contributed by atoms with Gasteiger partial charge in [-0.1, -0.05) is 25.5 Å². The molecule has 25 heavy (non-hydrogen) atoms. The van der Waals surface area contributed by atoms with Crippen molar-refractivity contribution >= 4 is 11.9 Å². The van der Waals surface area contributed by atoms with Crippen LogP contribution in [0.4, 0.5) is 5.95 Å². The van der Waals surface area contributed by atoms with Crippen LogP contribution in [0.15, 0.2) is 41.9 Å². The Morgan fingerprint density at radius 1 is 1.40 bits per heavy atom. The van der Waals surface area contributed by atoms with Crippen LogP contribution < -0.4 is 10.1 Å². The number of hydrogen-bond donors (Lipinski definition) is 1. The second-order valence-electron chi connectivity index (χ2n) is 5.86. The van der Waals surface area contributed by atoms with E-state index < -0.39 is 6.04 Å². The molecular weight excluding hydrogens is 320 g/mol. The average molecular weight is 342 g/mol. The molecule has 2 aromatic rings. The number of unbranched alkanes of at least 4 members (excludes halogenated alkanes) is 1. The Kier molecular flexibility index (Phi) is 5.02. The molecule has 1 aliphatic heterocycles. The van der Waals surface area contributed by atoms with E-state index >= 15 is 0 Å². The molecule has 0 radical (unpaired) electrons. The molecule has 0 unspecified atom stereocenters. The predicted molar refractivity (Wildman–Crippen MR) is 93.3 cm³/mol. The van der Waals surface area contributed by atoms with Crippen molar-refractivity contribution in [1.29, 1.82) is 0 Å². The fourth-order valence-electron chi connectivity index (χ4n) is 2.86. The van der Waals surface area contributed by atoms with Crippen molar-refractivity contribution in [1.82, 2.24) is 14.8 Å². The minimum Gasteiger partial charge on any atom is -0.497 e. The normalized spacial score (nSPS) is 16.2. The van der Waals surface area contributed by atoms with Gasteiger partial charge in [0.15, 0.2) is 0 Å². The first kappa shape index (κ1) is 17.0. The van der Waals surface area contributed by atoms with Crippen molar-refractivity contribution in [2.75, 3.05) is 19.0 Å². The highest BCUT2D eigenvalue weighted by atomic mass is 16.5. The van der Waals surface area contributed by atoms with Crippen LogP contribution in [-0.2, 0) is 9.53 Å². The summed E-state index contributed by atoms with van der Waals surface area (Å²) in [6.45, 7) is 4.31. The number of esters is 1. The minimum atomic E-state index is -0.414. The maximum absolute atomic E-state index is 12.7. The second kappa shape index (κ2) is 7.38. The third-order valence-electron chi connectivity index (χ3n) is 4.15. The van der Waals surface area contributed by atoms with E-state index in [1.807, 2.05) is 31.2 Å². The number of methoxy groups -OCH3 is 1. The van der Waals surface area contributed by atoms with Gasteiger partial charge in [0.1, 0.15) is 18.1 Å². The lowest BCUT2D eigenvalue weighted by molar-refractivity contribution is -0.139. The molecule has 7 nitrogen and oxygen atoms in total. The van der Waals surface area contributed by atoms with Gasteiger partial charge < -0.3 is 14.8 Å². The molecule has 0 fully saturated rings. The van der Waals surface area contributed by atoms with Crippen LogP contribution in [0.3, 0.4) is 0 Å². The van der Waals surface area contributed by atoms with Gasteiger partial charge in [0.2, 0.25) is 5.95 Å². The van der Waals surface area contributed by atoms with E-state index in [9.17, 15) is 4.79 Å². The van der Waals surface area contributed by atoms with Gasteiger partial charge in [0.25, 0.3) is 0 Å². The van der Waals surface area contributed by atoms with Crippen LogP contribution in [0.25, 0.3) is 0 Å². The number of allylic oxidation sites excluding steroid dienone is 1. The van der Waals surface area contributed by atoms with Crippen molar-refractivity contribution in [3.63, 3.8) is 0 Å². The third kappa shape index (κ3) is 3.35. The minimum absolute atomic E-state index is 0.340. The molecule has 0 amide bonds. The Bertz CT molecular complexity index is 797. The Morgan fingerprint density at radius 3 is 3.00 bits per heavy atom. The number of nitrogens with zero attached hydrogens (tertiary/aromatic N) is 3. The molecule has 132 valence electrons. The van der Waals surface area contributed by atoms with Gasteiger partial charge >= 0.3 is 5.97 Å². The predicted octanol–water partition coefficient (Wildman–Crippen LogP) is 2.92. The molecular formula is C18H22N4O3. The lowest BCUT2D eigenvalue weighted by Gasteiger charge is -2.28. The molecule has 0 bridgehead atoms. The quantitative estimate of drug-likeness (QED) is 0.642. The number of hydrogen-bond acceptors (Lipinski definition) is 6. The molecule has 3 rings (SSSR count). The summed E-state index contributed by atoms with van der Waals surface area (Å²) in [5.41, 5.74) is 2.13. The van der Waals surface area contributed by atoms with E-state index in [0.717, 1.165) is 24.1 Å². The van der Waals surface area contributed by atoms with Crippen molar-refractivity contribution in [2.24, 2.45) is 0 Å². The lowest BCUT2D eigenvalue weighted by atomic mass is 9.95. The topological polar surface area (TPSA) is 78.3 Å². The highest BCUT2D eigenvalue weighted by Crippen LogP contribution is 2.36. The number of anilines is 1. The van der Waals surface area contributed by atoms with Crippen LogP contribution in [0.2, 0.25) is 0 Å². The molecule has 1 atom stereocenters. The zero-order valence-electron chi connectivity index (χ0n) is 14.7. The van der Waals surface area contributed by atoms with Crippen molar-refractivity contribution in [3.8, 4) is 5.75 Å². The molecule has 1 aliphatic rings. The van der Waals surface area contributed by atoms with Crippen molar-refractivity contribution in [3.05, 3.63) is 47.4 Å². The number of fused-ring (bicyclic) bond motifs is 1. The zero-order valence-corrected chi connectivity index (χ0v) is 14.7. The molecule has 1 aromatic carbocycles. The molecule has 1 aromatic heterocycles. The highest BCUT2D eigenvalue weighted by molar-refractivity contribution is 5.92. The Hall–Kier alpha value is -2.83. The summed E-state index contributed by atoms with van der Waals surface area (Å²) in [7, 11) is 1.61. The molecule has 0 saturated heterocycles. The monoisotopic (exact) mass is 342 g/mol. The molecule has 1 N–H and O–H groups in total. The number of benzene rings is 1. The lowest BCUT2D eigenvalue weighted by Crippen LogP contribution is -2.29. The molecule has 0 aliphatic carbocycles. The van der Waals surface area contributed by atoms with E-state index in [0.29, 0.717) is 23.9 Å². The number of nitrogens with one attached hydrogen (secondary N) is 1. The Labute approximate surface area is 146 Å². The van der Waals surface area contributed by atoms with Gasteiger partial charge in [-0.15, -0.1) is 0 Å². The van der Waals surface area contributed by atoms with Gasteiger partial charge in [0, 0.05) is 5.70 Å². The first-order valence-corrected chi connectivity index (χ1v) is 8.34. The molecule has 0 spiro atoms. The van der Waals surface area contributed by atoms with Crippen LogP contribution in [-0.4, -0.2) is 34.5 Å². The number of aromatic nitrogens is 3. The van der Waals surface area contributed by atoms with Crippen molar-refractivity contribution in [2.45, 2.75) is 32.7 Å². The summed E-state index contributed by atoms with van der Waals surface area (Å²) in [4.78, 5) is 17.0. The SMILES string of the molecule is CCCCOC(=O)C1=C(C)Nc2ncnn2[C@H]1c1cccc(OC)c1. The summed E-state index contributed by atoms with van der Waals surface area (Å²) < 4.78 is 12.5. The Balaban J connectivity index is 2.02. The zero-order chi connectivity index (χ0) is 17.8. The van der Waals surface area contributed by atoms with Gasteiger partial charge in [0.05, 0.1) is 19.3 Å². The van der Waals surface area contributed by atoms with E-state index in [-0.39, 0.29) is 5.97 Å². The van der Waals surface area contributed by atoms with Gasteiger partial charge in [-0.05, 0) is 31.0 Å². The van der Waals surface area contributed by atoms with E-state index in [1.165, 1.54) is 6.33 Å². The van der Waals surface area contributed by atoms with E-state index in [1.54, 1.807) is 11.8 Å². The highest BCUT2D eigenvalue weighted by Gasteiger charge is 2.34. The summed E-state index contributed by atoms with van der Waals surface area (Å²) in [6, 6.07) is 7.18. The van der Waals surface area contributed by atoms with Crippen LogP contribution in [0.5, 0.6) is 5.75 Å². The van der Waals surface area contributed by atoms with E-state index in [4.69, 9.17) is 9.47 Å². The largest absolute Gasteiger partial charge is 0.497 e.